The summed E-state index contributed by atoms with van der Waals surface area (Å²) in [6.45, 7) is 4.28. The molecule has 1 saturated carbocycles. The van der Waals surface area contributed by atoms with Crippen molar-refractivity contribution in [3.63, 3.8) is 0 Å². The fourth-order valence-corrected chi connectivity index (χ4v) is 4.37. The van der Waals surface area contributed by atoms with Crippen LogP contribution in [0.1, 0.15) is 55.7 Å². The molecule has 4 nitrogen and oxygen atoms in total. The molecule has 0 saturated heterocycles. The largest absolute Gasteiger partial charge is 0.352 e. The van der Waals surface area contributed by atoms with Gasteiger partial charge in [-0.05, 0) is 48.9 Å². The molecule has 1 aliphatic rings. The molecule has 2 aromatic carbocycles. The van der Waals surface area contributed by atoms with Crippen molar-refractivity contribution in [3.8, 4) is 0 Å². The molecule has 1 aliphatic carbocycles. The Morgan fingerprint density at radius 1 is 1.07 bits per heavy atom. The fourth-order valence-electron chi connectivity index (χ4n) is 4.17. The molecular formula is C25H31ClN2O2. The third kappa shape index (κ3) is 5.63. The van der Waals surface area contributed by atoms with E-state index in [1.165, 1.54) is 0 Å². The number of rotatable bonds is 8. The molecule has 0 heterocycles. The quantitative estimate of drug-likeness (QED) is 0.641. The minimum atomic E-state index is -0.515. The van der Waals surface area contributed by atoms with E-state index < -0.39 is 6.04 Å². The lowest BCUT2D eigenvalue weighted by Gasteiger charge is -2.32. The zero-order valence-corrected chi connectivity index (χ0v) is 18.6. The van der Waals surface area contributed by atoms with Crippen LogP contribution in [0.5, 0.6) is 0 Å². The summed E-state index contributed by atoms with van der Waals surface area (Å²) in [6, 6.07) is 15.1. The monoisotopic (exact) mass is 426 g/mol. The lowest BCUT2D eigenvalue weighted by molar-refractivity contribution is -0.141. The predicted octanol–water partition coefficient (Wildman–Crippen LogP) is 5.06. The van der Waals surface area contributed by atoms with E-state index in [2.05, 4.69) is 5.32 Å². The Hall–Kier alpha value is -2.33. The van der Waals surface area contributed by atoms with E-state index >= 15 is 0 Å². The molecule has 1 atom stereocenters. The molecule has 2 aromatic rings. The first-order chi connectivity index (χ1) is 14.5. The van der Waals surface area contributed by atoms with Crippen molar-refractivity contribution in [3.05, 3.63) is 70.2 Å². The van der Waals surface area contributed by atoms with Gasteiger partial charge in [-0.25, -0.2) is 0 Å². The number of halogens is 1. The molecule has 0 unspecified atom stereocenters. The summed E-state index contributed by atoms with van der Waals surface area (Å²) in [7, 11) is 0. The normalized spacial score (nSPS) is 15.0. The third-order valence-electron chi connectivity index (χ3n) is 5.99. The van der Waals surface area contributed by atoms with Crippen LogP contribution in [-0.4, -0.2) is 28.8 Å². The number of hydrogen-bond acceptors (Lipinski definition) is 2. The van der Waals surface area contributed by atoms with Crippen molar-refractivity contribution < 1.29 is 9.59 Å². The van der Waals surface area contributed by atoms with Crippen LogP contribution in [0, 0.1) is 6.92 Å². The van der Waals surface area contributed by atoms with E-state index in [4.69, 9.17) is 11.6 Å². The van der Waals surface area contributed by atoms with E-state index in [0.29, 0.717) is 18.0 Å². The van der Waals surface area contributed by atoms with Crippen molar-refractivity contribution >= 4 is 23.4 Å². The summed E-state index contributed by atoms with van der Waals surface area (Å²) in [6.07, 6.45) is 5.16. The van der Waals surface area contributed by atoms with Crippen molar-refractivity contribution in [1.82, 2.24) is 10.2 Å². The van der Waals surface area contributed by atoms with Gasteiger partial charge in [-0.2, -0.15) is 0 Å². The number of hydrogen-bond donors (Lipinski definition) is 1. The molecule has 2 amide bonds. The molecule has 0 bridgehead atoms. The van der Waals surface area contributed by atoms with E-state index in [0.717, 1.165) is 42.4 Å². The number of nitrogens with one attached hydrogen (secondary N) is 1. The zero-order chi connectivity index (χ0) is 21.5. The second-order valence-electron chi connectivity index (χ2n) is 8.13. The minimum absolute atomic E-state index is 0.0577. The van der Waals surface area contributed by atoms with E-state index in [-0.39, 0.29) is 24.3 Å². The molecule has 1 N–H and O–H groups in total. The molecule has 5 heteroatoms. The van der Waals surface area contributed by atoms with Crippen molar-refractivity contribution in [2.75, 3.05) is 0 Å². The van der Waals surface area contributed by atoms with Crippen molar-refractivity contribution in [2.45, 2.75) is 71.0 Å². The van der Waals surface area contributed by atoms with Crippen LogP contribution in [0.25, 0.3) is 0 Å². The summed E-state index contributed by atoms with van der Waals surface area (Å²) in [5, 5.41) is 3.78. The van der Waals surface area contributed by atoms with Gasteiger partial charge in [0.05, 0.1) is 6.42 Å². The third-order valence-corrected chi connectivity index (χ3v) is 6.36. The summed E-state index contributed by atoms with van der Waals surface area (Å²) >= 11 is 6.38. The Kier molecular flexibility index (Phi) is 7.92. The van der Waals surface area contributed by atoms with Gasteiger partial charge in [0.25, 0.3) is 0 Å². The van der Waals surface area contributed by atoms with Gasteiger partial charge in [0.2, 0.25) is 11.8 Å². The van der Waals surface area contributed by atoms with E-state index in [9.17, 15) is 9.59 Å². The minimum Gasteiger partial charge on any atom is -0.352 e. The topological polar surface area (TPSA) is 49.4 Å². The van der Waals surface area contributed by atoms with Crippen LogP contribution in [-0.2, 0) is 22.6 Å². The maximum atomic E-state index is 13.4. The highest BCUT2D eigenvalue weighted by Gasteiger charge is 2.31. The number of amides is 2. The molecule has 160 valence electrons. The Balaban J connectivity index is 1.84. The average molecular weight is 427 g/mol. The van der Waals surface area contributed by atoms with Gasteiger partial charge in [-0.15, -0.1) is 0 Å². The summed E-state index contributed by atoms with van der Waals surface area (Å²) in [4.78, 5) is 28.3. The lowest BCUT2D eigenvalue weighted by atomic mass is 10.0. The second-order valence-corrected chi connectivity index (χ2v) is 8.54. The maximum Gasteiger partial charge on any atom is 0.243 e. The molecule has 3 rings (SSSR count). The van der Waals surface area contributed by atoms with Gasteiger partial charge in [0.1, 0.15) is 6.04 Å². The molecule has 0 aliphatic heterocycles. The maximum absolute atomic E-state index is 13.4. The highest BCUT2D eigenvalue weighted by molar-refractivity contribution is 6.31. The Morgan fingerprint density at radius 2 is 1.70 bits per heavy atom. The first-order valence-corrected chi connectivity index (χ1v) is 11.2. The van der Waals surface area contributed by atoms with Gasteiger partial charge in [0, 0.05) is 17.6 Å². The fraction of sp³-hybridized carbons (Fsp3) is 0.440. The van der Waals surface area contributed by atoms with Crippen LogP contribution < -0.4 is 5.32 Å². The van der Waals surface area contributed by atoms with Gasteiger partial charge in [0.15, 0.2) is 0 Å². The molecule has 0 radical (unpaired) electrons. The molecular weight excluding hydrogens is 396 g/mol. The molecule has 0 aromatic heterocycles. The lowest BCUT2D eigenvalue weighted by Crippen LogP contribution is -2.51. The predicted molar refractivity (Wildman–Crippen MR) is 121 cm³/mol. The van der Waals surface area contributed by atoms with Gasteiger partial charge < -0.3 is 10.2 Å². The summed E-state index contributed by atoms with van der Waals surface area (Å²) in [5.74, 6) is -0.118. The summed E-state index contributed by atoms with van der Waals surface area (Å²) in [5.41, 5.74) is 2.91. The van der Waals surface area contributed by atoms with Gasteiger partial charge in [-0.3, -0.25) is 9.59 Å². The van der Waals surface area contributed by atoms with Crippen molar-refractivity contribution in [1.29, 1.82) is 0 Å². The highest BCUT2D eigenvalue weighted by atomic mass is 35.5. The Bertz CT molecular complexity index is 877. The Labute approximate surface area is 184 Å². The standard InChI is InChI=1S/C25H31ClN2O2/c1-3-23(25(30)27-21-13-7-8-14-21)28(17-20-12-6-9-15-22(20)26)24(29)16-19-11-5-4-10-18(19)2/h4-6,9-12,15,21,23H,3,7-8,13-14,16-17H2,1-2H3,(H,27,30)/t23-/m0/s1. The first kappa shape index (κ1) is 22.4. The average Bonchev–Trinajstić information content (AvgIpc) is 3.24. The smallest absolute Gasteiger partial charge is 0.243 e. The van der Waals surface area contributed by atoms with Gasteiger partial charge in [-0.1, -0.05) is 73.8 Å². The molecule has 1 fully saturated rings. The highest BCUT2D eigenvalue weighted by Crippen LogP contribution is 2.22. The molecule has 0 spiro atoms. The summed E-state index contributed by atoms with van der Waals surface area (Å²) < 4.78 is 0. The second kappa shape index (κ2) is 10.6. The number of benzene rings is 2. The van der Waals surface area contributed by atoms with Crippen LogP contribution in [0.3, 0.4) is 0 Å². The van der Waals surface area contributed by atoms with Crippen molar-refractivity contribution in [2.24, 2.45) is 0 Å². The van der Waals surface area contributed by atoms with Crippen LogP contribution in [0.15, 0.2) is 48.5 Å². The first-order valence-electron chi connectivity index (χ1n) is 10.9. The number of aryl methyl sites for hydroxylation is 1. The SMILES string of the molecule is CC[C@@H](C(=O)NC1CCCC1)N(Cc1ccccc1Cl)C(=O)Cc1ccccc1C. The van der Waals surface area contributed by atoms with E-state index in [1.807, 2.05) is 62.4 Å². The number of carbonyl (C=O) groups is 2. The number of carbonyl (C=O) groups excluding carboxylic acids is 2. The van der Waals surface area contributed by atoms with E-state index in [1.54, 1.807) is 4.90 Å². The van der Waals surface area contributed by atoms with Crippen LogP contribution in [0.2, 0.25) is 5.02 Å². The molecule has 30 heavy (non-hydrogen) atoms. The van der Waals surface area contributed by atoms with Crippen LogP contribution in [0.4, 0.5) is 0 Å². The van der Waals surface area contributed by atoms with Crippen LogP contribution >= 0.6 is 11.6 Å². The zero-order valence-electron chi connectivity index (χ0n) is 17.9. The number of nitrogens with zero attached hydrogens (tertiary/aromatic N) is 1. The van der Waals surface area contributed by atoms with Gasteiger partial charge >= 0.3 is 0 Å². The Morgan fingerprint density at radius 3 is 2.33 bits per heavy atom.